The van der Waals surface area contributed by atoms with Crippen LogP contribution in [0.1, 0.15) is 44.2 Å². The summed E-state index contributed by atoms with van der Waals surface area (Å²) in [5, 5.41) is 1.90. The van der Waals surface area contributed by atoms with Crippen LogP contribution in [0, 0.1) is 6.92 Å². The van der Waals surface area contributed by atoms with Crippen molar-refractivity contribution in [2.24, 2.45) is 0 Å². The molecule has 5 nitrogen and oxygen atoms in total. The maximum atomic E-state index is 12.5. The zero-order chi connectivity index (χ0) is 24.0. The molecule has 33 heavy (non-hydrogen) atoms. The number of carbonyl (C=O) groups excluding carboxylic acids is 1. The first-order chi connectivity index (χ1) is 15.8. The molecular weight excluding hydrogens is 499 g/mol. The molecular formula is C24H26Cl2N2O3S2. The Hall–Kier alpha value is -1.80. The van der Waals surface area contributed by atoms with Gasteiger partial charge in [-0.3, -0.25) is 0 Å². The molecule has 0 fully saturated rings. The van der Waals surface area contributed by atoms with Gasteiger partial charge >= 0.3 is 5.97 Å². The van der Waals surface area contributed by atoms with E-state index in [9.17, 15) is 4.79 Å². The van der Waals surface area contributed by atoms with Gasteiger partial charge in [-0.05, 0) is 80.7 Å². The summed E-state index contributed by atoms with van der Waals surface area (Å²) in [6.45, 7) is 7.91. The summed E-state index contributed by atoms with van der Waals surface area (Å²) in [7, 11) is 0. The van der Waals surface area contributed by atoms with E-state index in [0.717, 1.165) is 27.5 Å². The lowest BCUT2D eigenvalue weighted by atomic mass is 10.00. The highest BCUT2D eigenvalue weighted by Gasteiger charge is 2.36. The Labute approximate surface area is 213 Å². The zero-order valence-electron chi connectivity index (χ0n) is 19.0. The van der Waals surface area contributed by atoms with E-state index in [1.807, 2.05) is 32.0 Å². The van der Waals surface area contributed by atoms with Crippen molar-refractivity contribution in [3.05, 3.63) is 57.0 Å². The van der Waals surface area contributed by atoms with Gasteiger partial charge in [-0.15, -0.1) is 11.8 Å². The Morgan fingerprint density at radius 3 is 2.61 bits per heavy atom. The Balaban J connectivity index is 1.66. The lowest BCUT2D eigenvalue weighted by molar-refractivity contribution is -0.161. The smallest absolute Gasteiger partial charge is 0.350 e. The summed E-state index contributed by atoms with van der Waals surface area (Å²) in [5.41, 5.74) is 0.795. The molecule has 0 saturated carbocycles. The first kappa shape index (κ1) is 25.8. The maximum absolute atomic E-state index is 12.5. The summed E-state index contributed by atoms with van der Waals surface area (Å²) >= 11 is 15.1. The van der Waals surface area contributed by atoms with Crippen molar-refractivity contribution in [1.82, 2.24) is 9.36 Å². The van der Waals surface area contributed by atoms with Gasteiger partial charge in [-0.2, -0.15) is 4.37 Å². The van der Waals surface area contributed by atoms with E-state index >= 15 is 0 Å². The quantitative estimate of drug-likeness (QED) is 0.201. The van der Waals surface area contributed by atoms with E-state index in [-0.39, 0.29) is 5.97 Å². The fourth-order valence-corrected chi connectivity index (χ4v) is 5.17. The van der Waals surface area contributed by atoms with Crippen molar-refractivity contribution in [3.8, 4) is 17.1 Å². The number of halogens is 2. The second kappa shape index (κ2) is 11.6. The van der Waals surface area contributed by atoms with E-state index < -0.39 is 5.60 Å². The molecule has 3 aromatic rings. The fourth-order valence-electron chi connectivity index (χ4n) is 3.24. The van der Waals surface area contributed by atoms with E-state index in [1.54, 1.807) is 37.7 Å². The highest BCUT2D eigenvalue weighted by atomic mass is 35.5. The normalized spacial score (nSPS) is 12.9. The number of thioether (sulfide) groups is 1. The first-order valence-electron chi connectivity index (χ1n) is 10.6. The minimum atomic E-state index is -1.00. The number of ether oxygens (including phenoxy) is 2. The third-order valence-electron chi connectivity index (χ3n) is 4.92. The summed E-state index contributed by atoms with van der Waals surface area (Å²) in [5.74, 6) is 1.68. The third kappa shape index (κ3) is 6.63. The minimum Gasteiger partial charge on any atom is -0.476 e. The predicted molar refractivity (Wildman–Crippen MR) is 137 cm³/mol. The van der Waals surface area contributed by atoms with Gasteiger partial charge in [0.15, 0.2) is 5.82 Å². The SMILES string of the molecule is CCCC(C)(Oc1ccc(SCc2nc(-c3ccc(Cl)c(Cl)c3)ns2)cc1C)C(=O)OCC. The number of aromatic nitrogens is 2. The molecule has 1 unspecified atom stereocenters. The Morgan fingerprint density at radius 2 is 1.94 bits per heavy atom. The Kier molecular flexibility index (Phi) is 9.04. The van der Waals surface area contributed by atoms with Crippen LogP contribution in [0.25, 0.3) is 11.4 Å². The molecule has 1 aromatic heterocycles. The van der Waals surface area contributed by atoms with Crippen molar-refractivity contribution in [2.75, 3.05) is 6.61 Å². The molecule has 0 aliphatic carbocycles. The average molecular weight is 526 g/mol. The number of aryl methyl sites for hydroxylation is 1. The van der Waals surface area contributed by atoms with Gasteiger partial charge in [0.1, 0.15) is 10.8 Å². The number of carbonyl (C=O) groups is 1. The molecule has 0 aliphatic rings. The molecule has 0 aliphatic heterocycles. The second-order valence-electron chi connectivity index (χ2n) is 7.66. The van der Waals surface area contributed by atoms with Crippen LogP contribution in [0.3, 0.4) is 0 Å². The molecule has 1 atom stereocenters. The van der Waals surface area contributed by atoms with Crippen LogP contribution in [-0.2, 0) is 15.3 Å². The molecule has 0 radical (unpaired) electrons. The van der Waals surface area contributed by atoms with Gasteiger partial charge < -0.3 is 9.47 Å². The monoisotopic (exact) mass is 524 g/mol. The van der Waals surface area contributed by atoms with Crippen molar-refractivity contribution in [3.63, 3.8) is 0 Å². The molecule has 0 bridgehead atoms. The van der Waals surface area contributed by atoms with E-state index in [1.165, 1.54) is 11.5 Å². The minimum absolute atomic E-state index is 0.328. The van der Waals surface area contributed by atoms with E-state index in [4.69, 9.17) is 32.7 Å². The molecule has 0 saturated heterocycles. The predicted octanol–water partition coefficient (Wildman–Crippen LogP) is 7.61. The van der Waals surface area contributed by atoms with Crippen LogP contribution in [0.5, 0.6) is 5.75 Å². The van der Waals surface area contributed by atoms with Crippen LogP contribution < -0.4 is 4.74 Å². The van der Waals surface area contributed by atoms with Gasteiger partial charge in [0, 0.05) is 10.5 Å². The maximum Gasteiger partial charge on any atom is 0.350 e. The third-order valence-corrected chi connectivity index (χ3v) is 7.56. The number of benzene rings is 2. The molecule has 176 valence electrons. The number of hydrogen-bond acceptors (Lipinski definition) is 7. The van der Waals surface area contributed by atoms with Crippen molar-refractivity contribution < 1.29 is 14.3 Å². The summed E-state index contributed by atoms with van der Waals surface area (Å²) < 4.78 is 15.8. The topological polar surface area (TPSA) is 61.3 Å². The molecule has 0 amide bonds. The fraction of sp³-hybridized carbons (Fsp3) is 0.375. The molecule has 0 spiro atoms. The Bertz CT molecular complexity index is 1120. The summed E-state index contributed by atoms with van der Waals surface area (Å²) in [4.78, 5) is 18.2. The van der Waals surface area contributed by atoms with Crippen molar-refractivity contribution in [1.29, 1.82) is 0 Å². The lowest BCUT2D eigenvalue weighted by Gasteiger charge is -2.29. The largest absolute Gasteiger partial charge is 0.476 e. The highest BCUT2D eigenvalue weighted by Crippen LogP contribution is 2.33. The van der Waals surface area contributed by atoms with Crippen molar-refractivity contribution in [2.45, 2.75) is 56.8 Å². The van der Waals surface area contributed by atoms with Gasteiger partial charge in [0.25, 0.3) is 0 Å². The number of esters is 1. The highest BCUT2D eigenvalue weighted by molar-refractivity contribution is 7.98. The number of rotatable bonds is 10. The Morgan fingerprint density at radius 1 is 1.15 bits per heavy atom. The van der Waals surface area contributed by atoms with Gasteiger partial charge in [-0.25, -0.2) is 9.78 Å². The van der Waals surface area contributed by atoms with Crippen LogP contribution in [0.4, 0.5) is 0 Å². The summed E-state index contributed by atoms with van der Waals surface area (Å²) in [6, 6.07) is 11.3. The first-order valence-corrected chi connectivity index (χ1v) is 13.1. The molecule has 1 heterocycles. The molecule has 3 rings (SSSR count). The molecule has 0 N–H and O–H groups in total. The number of hydrogen-bond donors (Lipinski definition) is 0. The van der Waals surface area contributed by atoms with Gasteiger partial charge in [0.2, 0.25) is 5.60 Å². The van der Waals surface area contributed by atoms with E-state index in [0.29, 0.717) is 40.4 Å². The average Bonchev–Trinajstić information content (AvgIpc) is 3.25. The van der Waals surface area contributed by atoms with Crippen LogP contribution in [-0.4, -0.2) is 27.5 Å². The zero-order valence-corrected chi connectivity index (χ0v) is 22.1. The molecule has 2 aromatic carbocycles. The van der Waals surface area contributed by atoms with E-state index in [2.05, 4.69) is 15.4 Å². The van der Waals surface area contributed by atoms with Crippen LogP contribution in [0.15, 0.2) is 41.3 Å². The second-order valence-corrected chi connectivity index (χ2v) is 10.4. The molecule has 9 heteroatoms. The van der Waals surface area contributed by atoms with Crippen LogP contribution in [0.2, 0.25) is 10.0 Å². The standard InChI is InChI=1S/C24H26Cl2N2O3S2/c1-5-11-24(4,23(29)30-6-2)31-20-10-8-17(12-15(20)3)32-14-21-27-22(28-33-21)16-7-9-18(25)19(26)13-16/h7-10,12-13H,5-6,11,14H2,1-4H3. The van der Waals surface area contributed by atoms with Crippen molar-refractivity contribution >= 4 is 52.5 Å². The van der Waals surface area contributed by atoms with Gasteiger partial charge in [-0.1, -0.05) is 36.5 Å². The van der Waals surface area contributed by atoms with Gasteiger partial charge in [0.05, 0.1) is 22.4 Å². The number of nitrogens with zero attached hydrogens (tertiary/aromatic N) is 2. The van der Waals surface area contributed by atoms with Crippen LogP contribution >= 0.6 is 46.5 Å². The lowest BCUT2D eigenvalue weighted by Crippen LogP contribution is -2.43. The summed E-state index contributed by atoms with van der Waals surface area (Å²) in [6.07, 6.45) is 1.40.